The molecule has 0 aromatic carbocycles. The molecule has 0 saturated heterocycles. The van der Waals surface area contributed by atoms with Crippen LogP contribution in [0.1, 0.15) is 58.7 Å². The van der Waals surface area contributed by atoms with Crippen molar-refractivity contribution in [1.82, 2.24) is 9.97 Å². The molecule has 1 aromatic heterocycles. The maximum Gasteiger partial charge on any atom is 0.134 e. The van der Waals surface area contributed by atoms with Crippen molar-refractivity contribution in [1.29, 1.82) is 0 Å². The molecule has 0 atom stereocenters. The SMILES string of the molecule is CCNc1cc(N(CCC(C)C)C2CCCC2)nc(C)n1. The summed E-state index contributed by atoms with van der Waals surface area (Å²) < 4.78 is 0. The van der Waals surface area contributed by atoms with Crippen molar-refractivity contribution < 1.29 is 0 Å². The summed E-state index contributed by atoms with van der Waals surface area (Å²) in [5, 5.41) is 3.32. The molecule has 1 aliphatic rings. The summed E-state index contributed by atoms with van der Waals surface area (Å²) in [5.74, 6) is 3.64. The first kappa shape index (κ1) is 16.1. The van der Waals surface area contributed by atoms with E-state index in [2.05, 4.69) is 42.0 Å². The summed E-state index contributed by atoms with van der Waals surface area (Å²) in [5.41, 5.74) is 0. The molecule has 21 heavy (non-hydrogen) atoms. The molecule has 0 bridgehead atoms. The second-order valence-corrected chi connectivity index (χ2v) is 6.50. The summed E-state index contributed by atoms with van der Waals surface area (Å²) in [6.45, 7) is 10.7. The summed E-state index contributed by atoms with van der Waals surface area (Å²) in [4.78, 5) is 11.7. The smallest absolute Gasteiger partial charge is 0.134 e. The summed E-state index contributed by atoms with van der Waals surface area (Å²) in [7, 11) is 0. The minimum absolute atomic E-state index is 0.660. The lowest BCUT2D eigenvalue weighted by Crippen LogP contribution is -2.35. The Bertz CT molecular complexity index is 438. The van der Waals surface area contributed by atoms with E-state index in [-0.39, 0.29) is 0 Å². The van der Waals surface area contributed by atoms with E-state index >= 15 is 0 Å². The predicted octanol–water partition coefficient (Wildman–Crippen LogP) is 4.01. The summed E-state index contributed by atoms with van der Waals surface area (Å²) in [6.07, 6.45) is 6.53. The highest BCUT2D eigenvalue weighted by molar-refractivity contribution is 5.50. The minimum Gasteiger partial charge on any atom is -0.370 e. The zero-order valence-electron chi connectivity index (χ0n) is 14.0. The largest absolute Gasteiger partial charge is 0.370 e. The van der Waals surface area contributed by atoms with E-state index in [4.69, 9.17) is 4.98 Å². The van der Waals surface area contributed by atoms with Crippen molar-refractivity contribution >= 4 is 11.6 Å². The summed E-state index contributed by atoms with van der Waals surface area (Å²) in [6, 6.07) is 2.78. The lowest BCUT2D eigenvalue weighted by molar-refractivity contribution is 0.524. The van der Waals surface area contributed by atoms with Crippen LogP contribution in [0.15, 0.2) is 6.07 Å². The molecule has 0 radical (unpaired) electrons. The van der Waals surface area contributed by atoms with Crippen LogP contribution in [0.4, 0.5) is 11.6 Å². The quantitative estimate of drug-likeness (QED) is 0.823. The van der Waals surface area contributed by atoms with Gasteiger partial charge in [0, 0.05) is 25.2 Å². The van der Waals surface area contributed by atoms with Crippen LogP contribution in [0.25, 0.3) is 0 Å². The lowest BCUT2D eigenvalue weighted by atomic mass is 10.1. The Kier molecular flexibility index (Phi) is 5.83. The van der Waals surface area contributed by atoms with Crippen LogP contribution in [0.2, 0.25) is 0 Å². The average molecular weight is 290 g/mol. The van der Waals surface area contributed by atoms with E-state index in [0.29, 0.717) is 6.04 Å². The van der Waals surface area contributed by atoms with Crippen LogP contribution in [0.3, 0.4) is 0 Å². The van der Waals surface area contributed by atoms with Gasteiger partial charge in [-0.1, -0.05) is 26.7 Å². The van der Waals surface area contributed by atoms with E-state index in [1.54, 1.807) is 0 Å². The Morgan fingerprint density at radius 1 is 1.29 bits per heavy atom. The molecule has 1 aromatic rings. The molecule has 4 heteroatoms. The maximum atomic E-state index is 4.71. The van der Waals surface area contributed by atoms with Gasteiger partial charge >= 0.3 is 0 Å². The third-order valence-corrected chi connectivity index (χ3v) is 4.19. The number of aryl methyl sites for hydroxylation is 1. The molecule has 1 heterocycles. The number of hydrogen-bond donors (Lipinski definition) is 1. The van der Waals surface area contributed by atoms with E-state index < -0.39 is 0 Å². The molecular formula is C17H30N4. The van der Waals surface area contributed by atoms with Crippen molar-refractivity contribution in [3.05, 3.63) is 11.9 Å². The molecule has 4 nitrogen and oxygen atoms in total. The normalized spacial score (nSPS) is 15.7. The molecule has 1 aliphatic carbocycles. The monoisotopic (exact) mass is 290 g/mol. The van der Waals surface area contributed by atoms with Crippen LogP contribution in [-0.2, 0) is 0 Å². The van der Waals surface area contributed by atoms with Gasteiger partial charge in [0.2, 0.25) is 0 Å². The van der Waals surface area contributed by atoms with Gasteiger partial charge in [-0.3, -0.25) is 0 Å². The van der Waals surface area contributed by atoms with E-state index in [1.807, 2.05) is 6.92 Å². The molecule has 0 spiro atoms. The third kappa shape index (κ3) is 4.58. The molecule has 0 aliphatic heterocycles. The van der Waals surface area contributed by atoms with Gasteiger partial charge in [-0.15, -0.1) is 0 Å². The Morgan fingerprint density at radius 2 is 2.00 bits per heavy atom. The van der Waals surface area contributed by atoms with Crippen LogP contribution in [0, 0.1) is 12.8 Å². The molecule has 2 rings (SSSR count). The van der Waals surface area contributed by atoms with Crippen LogP contribution in [0.5, 0.6) is 0 Å². The molecule has 118 valence electrons. The first-order valence-corrected chi connectivity index (χ1v) is 8.46. The van der Waals surface area contributed by atoms with Gasteiger partial charge in [-0.2, -0.15) is 0 Å². The zero-order chi connectivity index (χ0) is 15.2. The topological polar surface area (TPSA) is 41.0 Å². The Hall–Kier alpha value is -1.32. The van der Waals surface area contributed by atoms with E-state index in [1.165, 1.54) is 32.1 Å². The highest BCUT2D eigenvalue weighted by Crippen LogP contribution is 2.29. The molecule has 1 N–H and O–H groups in total. The Labute approximate surface area is 129 Å². The number of anilines is 2. The van der Waals surface area contributed by atoms with Gasteiger partial charge in [0.25, 0.3) is 0 Å². The number of nitrogens with one attached hydrogen (secondary N) is 1. The van der Waals surface area contributed by atoms with Crippen molar-refractivity contribution in [2.24, 2.45) is 5.92 Å². The van der Waals surface area contributed by atoms with Crippen molar-refractivity contribution in [2.45, 2.75) is 65.8 Å². The van der Waals surface area contributed by atoms with Crippen LogP contribution < -0.4 is 10.2 Å². The fraction of sp³-hybridized carbons (Fsp3) is 0.765. The minimum atomic E-state index is 0.660. The molecule has 0 unspecified atom stereocenters. The highest BCUT2D eigenvalue weighted by Gasteiger charge is 2.24. The van der Waals surface area contributed by atoms with Gasteiger partial charge in [-0.25, -0.2) is 9.97 Å². The van der Waals surface area contributed by atoms with Crippen molar-refractivity contribution in [3.63, 3.8) is 0 Å². The molecular weight excluding hydrogens is 260 g/mol. The van der Waals surface area contributed by atoms with Gasteiger partial charge in [0.15, 0.2) is 0 Å². The third-order valence-electron chi connectivity index (χ3n) is 4.19. The zero-order valence-corrected chi connectivity index (χ0v) is 14.0. The number of rotatable bonds is 7. The average Bonchev–Trinajstić information content (AvgIpc) is 2.92. The van der Waals surface area contributed by atoms with Gasteiger partial charge in [0.05, 0.1) is 0 Å². The predicted molar refractivity (Wildman–Crippen MR) is 90.0 cm³/mol. The number of hydrogen-bond acceptors (Lipinski definition) is 4. The first-order chi connectivity index (χ1) is 10.1. The first-order valence-electron chi connectivity index (χ1n) is 8.46. The van der Waals surface area contributed by atoms with Gasteiger partial charge in [0.1, 0.15) is 17.5 Å². The lowest BCUT2D eigenvalue weighted by Gasteiger charge is -2.31. The maximum absolute atomic E-state index is 4.71. The Balaban J connectivity index is 2.21. The summed E-state index contributed by atoms with van der Waals surface area (Å²) >= 11 is 0. The van der Waals surface area contributed by atoms with Gasteiger partial charge in [-0.05, 0) is 39.0 Å². The van der Waals surface area contributed by atoms with Crippen LogP contribution >= 0.6 is 0 Å². The molecule has 1 fully saturated rings. The van der Waals surface area contributed by atoms with Crippen molar-refractivity contribution in [2.75, 3.05) is 23.3 Å². The Morgan fingerprint density at radius 3 is 2.62 bits per heavy atom. The number of aromatic nitrogens is 2. The fourth-order valence-electron chi connectivity index (χ4n) is 3.07. The van der Waals surface area contributed by atoms with E-state index in [9.17, 15) is 0 Å². The molecule has 1 saturated carbocycles. The highest BCUT2D eigenvalue weighted by atomic mass is 15.2. The molecule has 0 amide bonds. The van der Waals surface area contributed by atoms with E-state index in [0.717, 1.165) is 36.5 Å². The van der Waals surface area contributed by atoms with Crippen LogP contribution in [-0.4, -0.2) is 29.1 Å². The second-order valence-electron chi connectivity index (χ2n) is 6.50. The standard InChI is InChI=1S/C17H30N4/c1-5-18-16-12-17(20-14(4)19-16)21(11-10-13(2)3)15-8-6-7-9-15/h12-13,15H,5-11H2,1-4H3,(H,18,19,20). The second kappa shape index (κ2) is 7.62. The number of nitrogens with zero attached hydrogens (tertiary/aromatic N) is 3. The van der Waals surface area contributed by atoms with Gasteiger partial charge < -0.3 is 10.2 Å². The van der Waals surface area contributed by atoms with Crippen molar-refractivity contribution in [3.8, 4) is 0 Å². The fourth-order valence-corrected chi connectivity index (χ4v) is 3.07.